The first-order valence-corrected chi connectivity index (χ1v) is 10.3. The molecule has 1 aliphatic heterocycles. The highest BCUT2D eigenvalue weighted by molar-refractivity contribution is 7.89. The highest BCUT2D eigenvalue weighted by Gasteiger charge is 2.33. The van der Waals surface area contributed by atoms with Crippen LogP contribution in [-0.4, -0.2) is 78.7 Å². The fourth-order valence-electron chi connectivity index (χ4n) is 3.07. The zero-order chi connectivity index (χ0) is 19.3. The third-order valence-electron chi connectivity index (χ3n) is 4.60. The van der Waals surface area contributed by atoms with Crippen LogP contribution in [0.3, 0.4) is 0 Å². The van der Waals surface area contributed by atoms with E-state index in [1.165, 1.54) is 10.5 Å². The number of likely N-dealkylation sites (N-methyl/N-ethyl adjacent to an activating group) is 1. The van der Waals surface area contributed by atoms with Gasteiger partial charge >= 0.3 is 0 Å². The summed E-state index contributed by atoms with van der Waals surface area (Å²) < 4.78 is 26.8. The van der Waals surface area contributed by atoms with Crippen LogP contribution in [0.4, 0.5) is 0 Å². The fourth-order valence-corrected chi connectivity index (χ4v) is 4.46. The van der Waals surface area contributed by atoms with Gasteiger partial charge in [-0.1, -0.05) is 12.2 Å². The molecule has 144 valence electrons. The third kappa shape index (κ3) is 4.69. The Morgan fingerprint density at radius 1 is 1.35 bits per heavy atom. The zero-order valence-electron chi connectivity index (χ0n) is 15.8. The van der Waals surface area contributed by atoms with Crippen molar-refractivity contribution in [2.75, 3.05) is 39.3 Å². The summed E-state index contributed by atoms with van der Waals surface area (Å²) in [6.07, 6.45) is 2.92. The Hall–Kier alpha value is -1.77. The Labute approximate surface area is 156 Å². The van der Waals surface area contributed by atoms with Crippen LogP contribution in [0, 0.1) is 0 Å². The summed E-state index contributed by atoms with van der Waals surface area (Å²) in [5, 5.41) is 0. The molecule has 0 bridgehead atoms. The van der Waals surface area contributed by atoms with Crippen molar-refractivity contribution in [2.24, 2.45) is 0 Å². The van der Waals surface area contributed by atoms with E-state index in [0.717, 1.165) is 5.57 Å². The fraction of sp³-hybridized carbons (Fsp3) is 0.556. The molecule has 1 atom stereocenters. The average molecular weight is 381 g/mol. The summed E-state index contributed by atoms with van der Waals surface area (Å²) >= 11 is 0. The van der Waals surface area contributed by atoms with Crippen LogP contribution in [0.15, 0.2) is 41.6 Å². The Bertz CT molecular complexity index is 728. The Kier molecular flexibility index (Phi) is 6.91. The van der Waals surface area contributed by atoms with E-state index in [9.17, 15) is 13.2 Å². The van der Waals surface area contributed by atoms with Crippen molar-refractivity contribution in [3.8, 4) is 0 Å². The van der Waals surface area contributed by atoms with E-state index in [-0.39, 0.29) is 16.8 Å². The normalized spacial score (nSPS) is 17.7. The van der Waals surface area contributed by atoms with E-state index in [0.29, 0.717) is 39.3 Å². The highest BCUT2D eigenvalue weighted by Crippen LogP contribution is 2.18. The average Bonchev–Trinajstić information content (AvgIpc) is 2.65. The van der Waals surface area contributed by atoms with E-state index in [4.69, 9.17) is 0 Å². The monoisotopic (exact) mass is 380 g/mol. The SMILES string of the molecule is C=C(C)CN(CC)C(=O)C(C)N1CCN(S(=O)(=O)c2cccnc2)CC1. The van der Waals surface area contributed by atoms with Crippen molar-refractivity contribution >= 4 is 15.9 Å². The minimum atomic E-state index is -3.53. The maximum Gasteiger partial charge on any atom is 0.244 e. The predicted octanol–water partition coefficient (Wildman–Crippen LogP) is 1.20. The summed E-state index contributed by atoms with van der Waals surface area (Å²) in [6.45, 7) is 12.6. The lowest BCUT2D eigenvalue weighted by Gasteiger charge is -2.38. The van der Waals surface area contributed by atoms with Crippen molar-refractivity contribution < 1.29 is 13.2 Å². The second kappa shape index (κ2) is 8.75. The Morgan fingerprint density at radius 3 is 2.50 bits per heavy atom. The predicted molar refractivity (Wildman–Crippen MR) is 101 cm³/mol. The summed E-state index contributed by atoms with van der Waals surface area (Å²) in [5.74, 6) is 0.0547. The van der Waals surface area contributed by atoms with Crippen LogP contribution in [-0.2, 0) is 14.8 Å². The van der Waals surface area contributed by atoms with Gasteiger partial charge in [-0.05, 0) is 32.9 Å². The molecule has 0 aromatic carbocycles. The second-order valence-electron chi connectivity index (χ2n) is 6.61. The highest BCUT2D eigenvalue weighted by atomic mass is 32.2. The van der Waals surface area contributed by atoms with Gasteiger partial charge in [-0.25, -0.2) is 8.42 Å². The maximum absolute atomic E-state index is 12.7. The molecule has 2 rings (SSSR count). The molecule has 8 heteroatoms. The minimum Gasteiger partial charge on any atom is -0.338 e. The molecule has 1 saturated heterocycles. The molecule has 1 fully saturated rings. The summed E-state index contributed by atoms with van der Waals surface area (Å²) in [6, 6.07) is 2.89. The summed E-state index contributed by atoms with van der Waals surface area (Å²) in [5.41, 5.74) is 0.944. The molecule has 0 N–H and O–H groups in total. The molecule has 1 unspecified atom stereocenters. The van der Waals surface area contributed by atoms with E-state index in [1.54, 1.807) is 23.2 Å². The smallest absolute Gasteiger partial charge is 0.244 e. The number of sulfonamides is 1. The molecular weight excluding hydrogens is 352 g/mol. The lowest BCUT2D eigenvalue weighted by atomic mass is 10.2. The zero-order valence-corrected chi connectivity index (χ0v) is 16.6. The van der Waals surface area contributed by atoms with Gasteiger partial charge in [0.2, 0.25) is 15.9 Å². The molecule has 1 amide bonds. The first-order chi connectivity index (χ1) is 12.3. The first kappa shape index (κ1) is 20.5. The number of pyridine rings is 1. The number of amides is 1. The van der Waals surface area contributed by atoms with Gasteiger partial charge in [-0.15, -0.1) is 0 Å². The molecule has 0 spiro atoms. The number of carbonyl (C=O) groups is 1. The van der Waals surface area contributed by atoms with E-state index < -0.39 is 10.0 Å². The van der Waals surface area contributed by atoms with Gasteiger partial charge in [0, 0.05) is 51.7 Å². The van der Waals surface area contributed by atoms with Gasteiger partial charge in [-0.2, -0.15) is 4.31 Å². The van der Waals surface area contributed by atoms with Crippen molar-refractivity contribution in [2.45, 2.75) is 31.7 Å². The van der Waals surface area contributed by atoms with Crippen LogP contribution in [0.25, 0.3) is 0 Å². The largest absolute Gasteiger partial charge is 0.338 e. The van der Waals surface area contributed by atoms with Crippen LogP contribution in [0.5, 0.6) is 0 Å². The van der Waals surface area contributed by atoms with Crippen LogP contribution < -0.4 is 0 Å². The maximum atomic E-state index is 12.7. The lowest BCUT2D eigenvalue weighted by molar-refractivity contribution is -0.136. The van der Waals surface area contributed by atoms with Gasteiger partial charge < -0.3 is 4.90 Å². The number of piperazine rings is 1. The summed E-state index contributed by atoms with van der Waals surface area (Å²) in [4.78, 5) is 20.6. The number of nitrogens with zero attached hydrogens (tertiary/aromatic N) is 4. The molecule has 7 nitrogen and oxygen atoms in total. The van der Waals surface area contributed by atoms with Crippen LogP contribution in [0.1, 0.15) is 20.8 Å². The third-order valence-corrected chi connectivity index (χ3v) is 6.49. The Balaban J connectivity index is 1.99. The molecule has 1 aromatic heterocycles. The molecular formula is C18H28N4O3S. The number of hydrogen-bond acceptors (Lipinski definition) is 5. The first-order valence-electron chi connectivity index (χ1n) is 8.84. The molecule has 1 aliphatic rings. The standard InChI is InChI=1S/C18H28N4O3S/c1-5-20(14-15(2)3)18(23)16(4)21-9-11-22(12-10-21)26(24,25)17-7-6-8-19-13-17/h6-8,13,16H,2,5,9-12,14H2,1,3-4H3. The molecule has 0 radical (unpaired) electrons. The van der Waals surface area contributed by atoms with Gasteiger partial charge in [0.15, 0.2) is 0 Å². The van der Waals surface area contributed by atoms with E-state index >= 15 is 0 Å². The number of hydrogen-bond donors (Lipinski definition) is 0. The molecule has 0 saturated carbocycles. The molecule has 1 aromatic rings. The Morgan fingerprint density at radius 2 is 2.00 bits per heavy atom. The van der Waals surface area contributed by atoms with Crippen molar-refractivity contribution in [1.82, 2.24) is 19.1 Å². The van der Waals surface area contributed by atoms with Crippen LogP contribution >= 0.6 is 0 Å². The van der Waals surface area contributed by atoms with Crippen molar-refractivity contribution in [3.63, 3.8) is 0 Å². The van der Waals surface area contributed by atoms with Crippen molar-refractivity contribution in [3.05, 3.63) is 36.7 Å². The van der Waals surface area contributed by atoms with Gasteiger partial charge in [0.1, 0.15) is 4.90 Å². The molecule has 0 aliphatic carbocycles. The number of carbonyl (C=O) groups excluding carboxylic acids is 1. The second-order valence-corrected chi connectivity index (χ2v) is 8.55. The number of rotatable bonds is 7. The van der Waals surface area contributed by atoms with E-state index in [1.807, 2.05) is 25.7 Å². The molecule has 2 heterocycles. The lowest BCUT2D eigenvalue weighted by Crippen LogP contribution is -2.55. The van der Waals surface area contributed by atoms with Gasteiger partial charge in [-0.3, -0.25) is 14.7 Å². The van der Waals surface area contributed by atoms with Crippen molar-refractivity contribution in [1.29, 1.82) is 0 Å². The van der Waals surface area contributed by atoms with Crippen LogP contribution in [0.2, 0.25) is 0 Å². The van der Waals surface area contributed by atoms with Gasteiger partial charge in [0.05, 0.1) is 6.04 Å². The minimum absolute atomic E-state index is 0.0547. The quantitative estimate of drug-likeness (QED) is 0.665. The topological polar surface area (TPSA) is 73.8 Å². The number of aromatic nitrogens is 1. The molecule has 26 heavy (non-hydrogen) atoms. The summed E-state index contributed by atoms with van der Waals surface area (Å²) in [7, 11) is -3.53. The van der Waals surface area contributed by atoms with E-state index in [2.05, 4.69) is 11.6 Å². The van der Waals surface area contributed by atoms with Gasteiger partial charge in [0.25, 0.3) is 0 Å².